The Balaban J connectivity index is 0.000000636. The lowest BCUT2D eigenvalue weighted by atomic mass is 9.99. The van der Waals surface area contributed by atoms with Gasteiger partial charge in [-0.1, -0.05) is 135 Å². The van der Waals surface area contributed by atoms with Crippen molar-refractivity contribution in [2.75, 3.05) is 13.2 Å². The smallest absolute Gasteiger partial charge is 0.0541 e. The topological polar surface area (TPSA) is 19.1 Å². The van der Waals surface area contributed by atoms with Crippen LogP contribution < -0.4 is 0 Å². The summed E-state index contributed by atoms with van der Waals surface area (Å²) >= 11 is 0. The van der Waals surface area contributed by atoms with Crippen molar-refractivity contribution >= 4 is 43.6 Å². The Hall–Kier alpha value is -6.68. The molecule has 0 spiro atoms. The van der Waals surface area contributed by atoms with Crippen LogP contribution in [0.2, 0.25) is 0 Å². The number of para-hydroxylation sites is 2. The van der Waals surface area contributed by atoms with E-state index >= 15 is 0 Å². The van der Waals surface area contributed by atoms with E-state index in [1.54, 1.807) is 0 Å². The molecule has 1 saturated heterocycles. The lowest BCUT2D eigenvalue weighted by molar-refractivity contribution is 0.198. The Bertz CT molecular complexity index is 2910. The molecule has 2 aromatic heterocycles. The van der Waals surface area contributed by atoms with Crippen molar-refractivity contribution < 1.29 is 4.74 Å². The first kappa shape index (κ1) is 35.0. The SMILES string of the molecule is C.C1CCOC1.c1ccc(-c2ccc(-n3c4ccccc4c4cc(-c5ccc6c(c5)c5cc(-c7ccccc7)ccc5n6-c5ccccc5)ccc43)cc2)cc1. The number of nitrogens with zero attached hydrogens (tertiary/aromatic N) is 2. The van der Waals surface area contributed by atoms with Gasteiger partial charge in [0.2, 0.25) is 0 Å². The molecule has 10 aromatic rings. The average Bonchev–Trinajstić information content (AvgIpc) is 4.03. The fourth-order valence-corrected chi connectivity index (χ4v) is 8.24. The summed E-state index contributed by atoms with van der Waals surface area (Å²) in [5, 5.41) is 5.01. The summed E-state index contributed by atoms with van der Waals surface area (Å²) in [4.78, 5) is 0. The van der Waals surface area contributed by atoms with E-state index in [1.165, 1.54) is 95.5 Å². The van der Waals surface area contributed by atoms with Gasteiger partial charge in [0.15, 0.2) is 0 Å². The van der Waals surface area contributed by atoms with Crippen molar-refractivity contribution in [3.8, 4) is 44.8 Å². The third kappa shape index (κ3) is 6.36. The Morgan fingerprint density at radius 1 is 0.304 bits per heavy atom. The van der Waals surface area contributed by atoms with Crippen molar-refractivity contribution in [3.63, 3.8) is 0 Å². The highest BCUT2D eigenvalue weighted by atomic mass is 16.5. The average molecular weight is 725 g/mol. The van der Waals surface area contributed by atoms with Gasteiger partial charge in [0.05, 0.1) is 22.1 Å². The minimum Gasteiger partial charge on any atom is -0.381 e. The lowest BCUT2D eigenvalue weighted by Gasteiger charge is -2.10. The molecule has 272 valence electrons. The van der Waals surface area contributed by atoms with E-state index in [0.29, 0.717) is 0 Å². The van der Waals surface area contributed by atoms with E-state index in [4.69, 9.17) is 4.74 Å². The normalized spacial score (nSPS) is 12.5. The molecule has 0 aliphatic carbocycles. The number of hydrogen-bond donors (Lipinski definition) is 0. The molecule has 11 rings (SSSR count). The molecule has 0 N–H and O–H groups in total. The summed E-state index contributed by atoms with van der Waals surface area (Å²) in [6.07, 6.45) is 2.56. The van der Waals surface area contributed by atoms with Crippen molar-refractivity contribution in [1.82, 2.24) is 9.13 Å². The first-order chi connectivity index (χ1) is 27.3. The zero-order valence-electron chi connectivity index (χ0n) is 30.6. The minimum absolute atomic E-state index is 0. The predicted molar refractivity (Wildman–Crippen MR) is 238 cm³/mol. The van der Waals surface area contributed by atoms with E-state index in [1.807, 2.05) is 0 Å². The van der Waals surface area contributed by atoms with Gasteiger partial charge in [-0.05, 0) is 113 Å². The molecule has 0 amide bonds. The fraction of sp³-hybridized carbons (Fsp3) is 0.0943. The number of aromatic nitrogens is 2. The number of benzene rings is 8. The van der Waals surface area contributed by atoms with Crippen LogP contribution in [0.4, 0.5) is 0 Å². The number of fused-ring (bicyclic) bond motifs is 6. The fourth-order valence-electron chi connectivity index (χ4n) is 8.24. The van der Waals surface area contributed by atoms with Crippen LogP contribution in [-0.2, 0) is 4.74 Å². The van der Waals surface area contributed by atoms with Crippen LogP contribution in [0.5, 0.6) is 0 Å². The molecule has 0 atom stereocenters. The Morgan fingerprint density at radius 2 is 0.661 bits per heavy atom. The molecule has 56 heavy (non-hydrogen) atoms. The number of rotatable bonds is 5. The molecule has 0 radical (unpaired) electrons. The maximum Gasteiger partial charge on any atom is 0.0541 e. The highest BCUT2D eigenvalue weighted by Gasteiger charge is 2.17. The molecule has 1 fully saturated rings. The molecule has 3 heterocycles. The summed E-state index contributed by atoms with van der Waals surface area (Å²) in [5.74, 6) is 0. The van der Waals surface area contributed by atoms with Crippen LogP contribution in [0.15, 0.2) is 194 Å². The Morgan fingerprint density at radius 3 is 1.16 bits per heavy atom. The minimum atomic E-state index is 0. The molecule has 0 bridgehead atoms. The maximum absolute atomic E-state index is 4.94. The van der Waals surface area contributed by atoms with Gasteiger partial charge >= 0.3 is 0 Å². The van der Waals surface area contributed by atoms with Gasteiger partial charge in [-0.15, -0.1) is 0 Å². The largest absolute Gasteiger partial charge is 0.381 e. The molecule has 3 nitrogen and oxygen atoms in total. The summed E-state index contributed by atoms with van der Waals surface area (Å²) in [6, 6.07) is 70.4. The van der Waals surface area contributed by atoms with Crippen LogP contribution in [0.1, 0.15) is 20.3 Å². The van der Waals surface area contributed by atoms with Gasteiger partial charge in [0, 0.05) is 46.1 Å². The van der Waals surface area contributed by atoms with Crippen LogP contribution >= 0.6 is 0 Å². The third-order valence-electron chi connectivity index (χ3n) is 11.0. The van der Waals surface area contributed by atoms with E-state index in [2.05, 4.69) is 203 Å². The van der Waals surface area contributed by atoms with Crippen LogP contribution in [0.3, 0.4) is 0 Å². The molecule has 8 aromatic carbocycles. The molecule has 0 unspecified atom stereocenters. The second kappa shape index (κ2) is 15.2. The molecule has 1 aliphatic rings. The number of ether oxygens (including phenoxy) is 1. The van der Waals surface area contributed by atoms with Gasteiger partial charge in [-0.3, -0.25) is 0 Å². The van der Waals surface area contributed by atoms with Crippen molar-refractivity contribution in [2.24, 2.45) is 0 Å². The predicted octanol–water partition coefficient (Wildman–Crippen LogP) is 14.3. The summed E-state index contributed by atoms with van der Waals surface area (Å²) in [6.45, 7) is 2.00. The van der Waals surface area contributed by atoms with E-state index in [-0.39, 0.29) is 7.43 Å². The van der Waals surface area contributed by atoms with Gasteiger partial charge < -0.3 is 13.9 Å². The van der Waals surface area contributed by atoms with Gasteiger partial charge in [-0.2, -0.15) is 0 Å². The van der Waals surface area contributed by atoms with Crippen LogP contribution in [0, 0.1) is 0 Å². The van der Waals surface area contributed by atoms with E-state index in [9.17, 15) is 0 Å². The maximum atomic E-state index is 4.94. The molecule has 1 aliphatic heterocycles. The highest BCUT2D eigenvalue weighted by Crippen LogP contribution is 2.39. The second-order valence-corrected chi connectivity index (χ2v) is 14.3. The van der Waals surface area contributed by atoms with Crippen LogP contribution in [0.25, 0.3) is 88.4 Å². The van der Waals surface area contributed by atoms with E-state index < -0.39 is 0 Å². The molecular weight excluding hydrogens is 681 g/mol. The third-order valence-corrected chi connectivity index (χ3v) is 11.0. The monoisotopic (exact) mass is 724 g/mol. The van der Waals surface area contributed by atoms with Crippen molar-refractivity contribution in [2.45, 2.75) is 20.3 Å². The molecule has 0 saturated carbocycles. The van der Waals surface area contributed by atoms with Crippen LogP contribution in [-0.4, -0.2) is 22.3 Å². The first-order valence-electron chi connectivity index (χ1n) is 19.3. The zero-order valence-corrected chi connectivity index (χ0v) is 30.6. The molecular formula is C53H44N2O. The van der Waals surface area contributed by atoms with Gasteiger partial charge in [0.1, 0.15) is 0 Å². The highest BCUT2D eigenvalue weighted by molar-refractivity contribution is 6.13. The quantitative estimate of drug-likeness (QED) is 0.173. The summed E-state index contributed by atoms with van der Waals surface area (Å²) < 4.78 is 9.73. The van der Waals surface area contributed by atoms with Gasteiger partial charge in [0.25, 0.3) is 0 Å². The second-order valence-electron chi connectivity index (χ2n) is 14.3. The summed E-state index contributed by atoms with van der Waals surface area (Å²) in [7, 11) is 0. The van der Waals surface area contributed by atoms with Crippen molar-refractivity contribution in [1.29, 1.82) is 0 Å². The van der Waals surface area contributed by atoms with Crippen molar-refractivity contribution in [3.05, 3.63) is 194 Å². The zero-order chi connectivity index (χ0) is 36.6. The Kier molecular flexibility index (Phi) is 9.52. The van der Waals surface area contributed by atoms with Gasteiger partial charge in [-0.25, -0.2) is 0 Å². The van der Waals surface area contributed by atoms with E-state index in [0.717, 1.165) is 18.9 Å². The molecule has 3 heteroatoms. The summed E-state index contributed by atoms with van der Waals surface area (Å²) in [5.41, 5.74) is 14.5. The lowest BCUT2D eigenvalue weighted by Crippen LogP contribution is -1.94. The number of hydrogen-bond acceptors (Lipinski definition) is 1. The Labute approximate surface area is 328 Å². The standard InChI is InChI=1S/C48H32N2.C4H8O.CH4/c1-4-12-33(13-5-1)35-20-25-40(26-21-35)50-45-19-11-10-18-41(45)42-31-37(23-28-46(42)50)38-24-29-48-44(32-38)43-30-36(34-14-6-2-7-15-34)22-27-47(43)49(48)39-16-8-3-9-17-39;1-2-4-5-3-1;/h1-32H;1-4H2;1H4. The first-order valence-corrected chi connectivity index (χ1v) is 19.3.